The highest BCUT2D eigenvalue weighted by Crippen LogP contribution is 2.34. The lowest BCUT2D eigenvalue weighted by Crippen LogP contribution is -2.01. The Balaban J connectivity index is 2.98. The second-order valence-electron chi connectivity index (χ2n) is 3.41. The fraction of sp³-hybridized carbons (Fsp3) is 0.182. The summed E-state index contributed by atoms with van der Waals surface area (Å²) in [6.07, 6.45) is 0. The van der Waals surface area contributed by atoms with Crippen LogP contribution in [0, 0.1) is 0 Å². The average molecular weight is 287 g/mol. The van der Waals surface area contributed by atoms with Crippen molar-refractivity contribution < 1.29 is 4.79 Å². The van der Waals surface area contributed by atoms with Crippen LogP contribution >= 0.6 is 27.5 Å². The third-order valence-corrected chi connectivity index (χ3v) is 3.46. The molecule has 1 heterocycles. The molecule has 0 bridgehead atoms. The van der Waals surface area contributed by atoms with Gasteiger partial charge in [0.15, 0.2) is 5.78 Å². The molecule has 0 fully saturated rings. The van der Waals surface area contributed by atoms with E-state index in [-0.39, 0.29) is 5.78 Å². The fourth-order valence-electron chi connectivity index (χ4n) is 1.81. The second-order valence-corrected chi connectivity index (χ2v) is 4.65. The minimum Gasteiger partial charge on any atom is -0.339 e. The van der Waals surface area contributed by atoms with E-state index in [0.29, 0.717) is 10.7 Å². The molecule has 0 aliphatic carbocycles. The van der Waals surface area contributed by atoms with Crippen LogP contribution in [0.4, 0.5) is 0 Å². The number of ketones is 1. The van der Waals surface area contributed by atoms with Crippen molar-refractivity contribution in [1.82, 2.24) is 4.57 Å². The molecule has 0 amide bonds. The number of aryl methyl sites for hydroxylation is 1. The highest BCUT2D eigenvalue weighted by molar-refractivity contribution is 9.10. The van der Waals surface area contributed by atoms with Crippen molar-refractivity contribution in [3.05, 3.63) is 33.4 Å². The van der Waals surface area contributed by atoms with E-state index in [0.717, 1.165) is 15.4 Å². The standard InChI is InChI=1S/C11H9BrClNO/c1-6(15)10-9(13)7-4-3-5-8(12)11(7)14(10)2/h3-5H,1-2H3. The van der Waals surface area contributed by atoms with Crippen LogP contribution in [0.25, 0.3) is 10.9 Å². The van der Waals surface area contributed by atoms with Gasteiger partial charge < -0.3 is 4.57 Å². The first-order chi connectivity index (χ1) is 7.04. The van der Waals surface area contributed by atoms with Crippen molar-refractivity contribution in [1.29, 1.82) is 0 Å². The summed E-state index contributed by atoms with van der Waals surface area (Å²) in [7, 11) is 1.84. The third-order valence-electron chi connectivity index (χ3n) is 2.44. The lowest BCUT2D eigenvalue weighted by molar-refractivity contribution is 0.101. The van der Waals surface area contributed by atoms with Gasteiger partial charge in [0, 0.05) is 23.8 Å². The van der Waals surface area contributed by atoms with E-state index < -0.39 is 0 Å². The van der Waals surface area contributed by atoms with Crippen LogP contribution in [0.2, 0.25) is 5.02 Å². The summed E-state index contributed by atoms with van der Waals surface area (Å²) in [5, 5.41) is 1.43. The lowest BCUT2D eigenvalue weighted by atomic mass is 10.2. The highest BCUT2D eigenvalue weighted by atomic mass is 79.9. The Morgan fingerprint density at radius 2 is 2.13 bits per heavy atom. The molecule has 78 valence electrons. The zero-order valence-electron chi connectivity index (χ0n) is 8.34. The molecule has 1 aromatic carbocycles. The Morgan fingerprint density at radius 3 is 2.67 bits per heavy atom. The summed E-state index contributed by atoms with van der Waals surface area (Å²) in [6.45, 7) is 1.52. The summed E-state index contributed by atoms with van der Waals surface area (Å²) >= 11 is 9.62. The van der Waals surface area contributed by atoms with Gasteiger partial charge in [-0.2, -0.15) is 0 Å². The largest absolute Gasteiger partial charge is 0.339 e. The van der Waals surface area contributed by atoms with E-state index in [4.69, 9.17) is 11.6 Å². The van der Waals surface area contributed by atoms with Gasteiger partial charge in [-0.1, -0.05) is 23.7 Å². The van der Waals surface area contributed by atoms with Crippen molar-refractivity contribution in [2.45, 2.75) is 6.92 Å². The SMILES string of the molecule is CC(=O)c1c(Cl)c2cccc(Br)c2n1C. The molecule has 2 aromatic rings. The van der Waals surface area contributed by atoms with Gasteiger partial charge in [-0.05, 0) is 22.0 Å². The minimum absolute atomic E-state index is 0.0226. The maximum atomic E-state index is 11.4. The number of hydrogen-bond donors (Lipinski definition) is 0. The number of para-hydroxylation sites is 1. The maximum absolute atomic E-state index is 11.4. The topological polar surface area (TPSA) is 22.0 Å². The molecule has 2 rings (SSSR count). The van der Waals surface area contributed by atoms with Crippen molar-refractivity contribution in [2.24, 2.45) is 7.05 Å². The third kappa shape index (κ3) is 1.50. The first kappa shape index (κ1) is 10.7. The number of halogens is 2. The maximum Gasteiger partial charge on any atom is 0.177 e. The van der Waals surface area contributed by atoms with Crippen LogP contribution in [0.5, 0.6) is 0 Å². The van der Waals surface area contributed by atoms with E-state index >= 15 is 0 Å². The van der Waals surface area contributed by atoms with Crippen LogP contribution < -0.4 is 0 Å². The summed E-state index contributed by atoms with van der Waals surface area (Å²) in [6, 6.07) is 5.75. The molecule has 0 radical (unpaired) electrons. The average Bonchev–Trinajstić information content (AvgIpc) is 2.40. The molecule has 0 atom stereocenters. The quantitative estimate of drug-likeness (QED) is 0.731. The molecule has 0 saturated heterocycles. The summed E-state index contributed by atoms with van der Waals surface area (Å²) in [4.78, 5) is 11.4. The Labute approximate surface area is 101 Å². The highest BCUT2D eigenvalue weighted by Gasteiger charge is 2.17. The number of benzene rings is 1. The molecule has 0 aliphatic rings. The number of Topliss-reactive ketones (excluding diaryl/α,β-unsaturated/α-hetero) is 1. The Morgan fingerprint density at radius 1 is 1.47 bits per heavy atom. The van der Waals surface area contributed by atoms with Gasteiger partial charge in [-0.15, -0.1) is 0 Å². The fourth-order valence-corrected chi connectivity index (χ4v) is 2.86. The molecule has 0 aliphatic heterocycles. The first-order valence-electron chi connectivity index (χ1n) is 4.47. The summed E-state index contributed by atoms with van der Waals surface area (Å²) in [5.74, 6) is -0.0226. The predicted octanol–water partition coefficient (Wildman–Crippen LogP) is 3.80. The molecular formula is C11H9BrClNO. The number of carbonyl (C=O) groups is 1. The molecule has 4 heteroatoms. The smallest absolute Gasteiger partial charge is 0.177 e. The van der Waals surface area contributed by atoms with Gasteiger partial charge in [0.05, 0.1) is 10.5 Å². The number of fused-ring (bicyclic) bond motifs is 1. The van der Waals surface area contributed by atoms with E-state index in [1.54, 1.807) is 0 Å². The van der Waals surface area contributed by atoms with Crippen LogP contribution in [0.1, 0.15) is 17.4 Å². The molecule has 0 spiro atoms. The van der Waals surface area contributed by atoms with Crippen molar-refractivity contribution in [3.8, 4) is 0 Å². The van der Waals surface area contributed by atoms with Gasteiger partial charge in [0.1, 0.15) is 5.69 Å². The molecule has 1 aromatic heterocycles. The number of nitrogens with zero attached hydrogens (tertiary/aromatic N) is 1. The molecular weight excluding hydrogens is 277 g/mol. The summed E-state index contributed by atoms with van der Waals surface area (Å²) < 4.78 is 2.77. The zero-order valence-corrected chi connectivity index (χ0v) is 10.7. The van der Waals surface area contributed by atoms with Gasteiger partial charge in [0.2, 0.25) is 0 Å². The summed E-state index contributed by atoms with van der Waals surface area (Å²) in [5.41, 5.74) is 1.51. The number of aromatic nitrogens is 1. The molecule has 0 unspecified atom stereocenters. The van der Waals surface area contributed by atoms with E-state index in [2.05, 4.69) is 15.9 Å². The van der Waals surface area contributed by atoms with Gasteiger partial charge in [-0.25, -0.2) is 0 Å². The van der Waals surface area contributed by atoms with E-state index in [1.165, 1.54) is 6.92 Å². The minimum atomic E-state index is -0.0226. The van der Waals surface area contributed by atoms with Crippen LogP contribution in [-0.4, -0.2) is 10.4 Å². The monoisotopic (exact) mass is 285 g/mol. The second kappa shape index (κ2) is 3.65. The Bertz CT molecular complexity index is 559. The van der Waals surface area contributed by atoms with Gasteiger partial charge in [-0.3, -0.25) is 4.79 Å². The van der Waals surface area contributed by atoms with Crippen molar-refractivity contribution in [3.63, 3.8) is 0 Å². The number of rotatable bonds is 1. The number of carbonyl (C=O) groups excluding carboxylic acids is 1. The molecule has 0 saturated carbocycles. The molecule has 0 N–H and O–H groups in total. The van der Waals surface area contributed by atoms with E-state index in [1.807, 2.05) is 29.8 Å². The molecule has 15 heavy (non-hydrogen) atoms. The van der Waals surface area contributed by atoms with Crippen molar-refractivity contribution in [2.75, 3.05) is 0 Å². The normalized spacial score (nSPS) is 10.9. The first-order valence-corrected chi connectivity index (χ1v) is 5.64. The zero-order chi connectivity index (χ0) is 11.2. The Kier molecular flexibility index (Phi) is 2.61. The Hall–Kier alpha value is -0.800. The van der Waals surface area contributed by atoms with Gasteiger partial charge >= 0.3 is 0 Å². The van der Waals surface area contributed by atoms with Crippen LogP contribution in [0.15, 0.2) is 22.7 Å². The van der Waals surface area contributed by atoms with Gasteiger partial charge in [0.25, 0.3) is 0 Å². The van der Waals surface area contributed by atoms with Crippen LogP contribution in [0.3, 0.4) is 0 Å². The predicted molar refractivity (Wildman–Crippen MR) is 65.6 cm³/mol. The van der Waals surface area contributed by atoms with Crippen LogP contribution in [-0.2, 0) is 7.05 Å². The molecule has 2 nitrogen and oxygen atoms in total. The van der Waals surface area contributed by atoms with E-state index in [9.17, 15) is 4.79 Å². The van der Waals surface area contributed by atoms with Crippen molar-refractivity contribution >= 4 is 44.2 Å². The number of hydrogen-bond acceptors (Lipinski definition) is 1. The lowest BCUT2D eigenvalue weighted by Gasteiger charge is -2.01.